The van der Waals surface area contributed by atoms with E-state index in [0.717, 1.165) is 27.8 Å². The fraction of sp³-hybridized carbons (Fsp3) is 0.0455. The van der Waals surface area contributed by atoms with E-state index in [4.69, 9.17) is 11.6 Å². The van der Waals surface area contributed by atoms with Crippen molar-refractivity contribution in [3.05, 3.63) is 81.5 Å². The second kappa shape index (κ2) is 6.53. The smallest absolute Gasteiger partial charge is 0.191 e. The van der Waals surface area contributed by atoms with Crippen LogP contribution in [0.1, 0.15) is 5.69 Å². The van der Waals surface area contributed by atoms with E-state index < -0.39 is 0 Å². The summed E-state index contributed by atoms with van der Waals surface area (Å²) in [5.41, 5.74) is 4.77. The first-order chi connectivity index (χ1) is 14.0. The van der Waals surface area contributed by atoms with Crippen LogP contribution in [0, 0.1) is 12.7 Å². The average molecular weight is 405 g/mol. The van der Waals surface area contributed by atoms with E-state index in [2.05, 4.69) is 20.2 Å². The SMILES string of the molecule is Cc1[nH]nc2c(Cl)cc(-c3cc4c(=O)cc[nH]c4nc3-c3ccc(F)cc3)cc12. The first kappa shape index (κ1) is 17.6. The lowest BCUT2D eigenvalue weighted by molar-refractivity contribution is 0.628. The second-order valence-corrected chi connectivity index (χ2v) is 7.24. The van der Waals surface area contributed by atoms with Crippen molar-refractivity contribution >= 4 is 33.5 Å². The molecule has 2 aromatic carbocycles. The van der Waals surface area contributed by atoms with Crippen molar-refractivity contribution < 1.29 is 4.39 Å². The van der Waals surface area contributed by atoms with E-state index >= 15 is 0 Å². The molecule has 2 N–H and O–H groups in total. The van der Waals surface area contributed by atoms with E-state index in [1.165, 1.54) is 18.2 Å². The number of fused-ring (bicyclic) bond motifs is 2. The van der Waals surface area contributed by atoms with Gasteiger partial charge in [0.2, 0.25) is 0 Å². The molecule has 0 saturated heterocycles. The zero-order valence-corrected chi connectivity index (χ0v) is 16.0. The number of benzene rings is 2. The molecular weight excluding hydrogens is 391 g/mol. The number of hydrogen-bond acceptors (Lipinski definition) is 3. The topological polar surface area (TPSA) is 74.4 Å². The maximum Gasteiger partial charge on any atom is 0.191 e. The van der Waals surface area contributed by atoms with Gasteiger partial charge in [0.1, 0.15) is 17.0 Å². The minimum absolute atomic E-state index is 0.134. The fourth-order valence-corrected chi connectivity index (χ4v) is 3.76. The summed E-state index contributed by atoms with van der Waals surface area (Å²) in [6, 6.07) is 13.1. The number of aromatic amines is 2. The van der Waals surface area contributed by atoms with E-state index in [1.807, 2.05) is 13.0 Å². The number of H-pyrrole nitrogens is 2. The van der Waals surface area contributed by atoms with Crippen LogP contribution in [-0.2, 0) is 0 Å². The summed E-state index contributed by atoms with van der Waals surface area (Å²) < 4.78 is 13.5. The van der Waals surface area contributed by atoms with Crippen molar-refractivity contribution in [3.63, 3.8) is 0 Å². The predicted octanol–water partition coefficient (Wildman–Crippen LogP) is 5.23. The molecule has 0 bridgehead atoms. The Hall–Kier alpha value is -3.51. The lowest BCUT2D eigenvalue weighted by Crippen LogP contribution is -2.03. The van der Waals surface area contributed by atoms with Crippen LogP contribution in [-0.4, -0.2) is 20.2 Å². The molecule has 0 amide bonds. The highest BCUT2D eigenvalue weighted by Crippen LogP contribution is 2.36. The van der Waals surface area contributed by atoms with Crippen LogP contribution in [0.4, 0.5) is 4.39 Å². The van der Waals surface area contributed by atoms with Crippen molar-refractivity contribution in [1.82, 2.24) is 20.2 Å². The normalized spacial score (nSPS) is 11.4. The Morgan fingerprint density at radius 3 is 2.59 bits per heavy atom. The molecule has 0 unspecified atom stereocenters. The van der Waals surface area contributed by atoms with Crippen LogP contribution in [0.2, 0.25) is 5.02 Å². The van der Waals surface area contributed by atoms with Gasteiger partial charge in [-0.05, 0) is 55.0 Å². The lowest BCUT2D eigenvalue weighted by Gasteiger charge is -2.12. The minimum atomic E-state index is -0.331. The molecule has 0 aliphatic carbocycles. The largest absolute Gasteiger partial charge is 0.346 e. The third-order valence-electron chi connectivity index (χ3n) is 4.97. The summed E-state index contributed by atoms with van der Waals surface area (Å²) in [5, 5.41) is 9.03. The molecule has 29 heavy (non-hydrogen) atoms. The molecule has 5 nitrogen and oxygen atoms in total. The summed E-state index contributed by atoms with van der Waals surface area (Å²) in [6.07, 6.45) is 1.56. The average Bonchev–Trinajstić information content (AvgIpc) is 3.09. The standard InChI is InChI=1S/C22H14ClFN4O/c1-11-15-8-13(9-18(23)21(15)28-27-11)16-10-17-19(29)6-7-25-22(17)26-20(16)12-2-4-14(24)5-3-12/h2-10H,1H3,(H,27,28)(H,25,26,29). The van der Waals surface area contributed by atoms with Crippen LogP contribution < -0.4 is 5.43 Å². The fourth-order valence-electron chi connectivity index (χ4n) is 3.50. The Kier molecular flexibility index (Phi) is 3.96. The first-order valence-corrected chi connectivity index (χ1v) is 9.32. The monoisotopic (exact) mass is 404 g/mol. The van der Waals surface area contributed by atoms with E-state index in [-0.39, 0.29) is 11.2 Å². The number of pyridine rings is 2. The minimum Gasteiger partial charge on any atom is -0.346 e. The zero-order valence-electron chi connectivity index (χ0n) is 15.3. The summed E-state index contributed by atoms with van der Waals surface area (Å²) in [5.74, 6) is -0.331. The Morgan fingerprint density at radius 2 is 1.79 bits per heavy atom. The Bertz CT molecular complexity index is 1450. The highest BCUT2D eigenvalue weighted by Gasteiger charge is 2.16. The third-order valence-corrected chi connectivity index (χ3v) is 5.26. The second-order valence-electron chi connectivity index (χ2n) is 6.83. The summed E-state index contributed by atoms with van der Waals surface area (Å²) in [4.78, 5) is 20.1. The molecule has 0 spiro atoms. The molecule has 0 aliphatic rings. The number of nitrogens with zero attached hydrogens (tertiary/aromatic N) is 2. The van der Waals surface area contributed by atoms with E-state index in [1.54, 1.807) is 30.5 Å². The van der Waals surface area contributed by atoms with Crippen molar-refractivity contribution in [2.45, 2.75) is 6.92 Å². The van der Waals surface area contributed by atoms with Gasteiger partial charge in [-0.3, -0.25) is 9.89 Å². The molecule has 3 heterocycles. The molecule has 0 atom stereocenters. The molecular formula is C22H14ClFN4O. The quantitative estimate of drug-likeness (QED) is 0.423. The maximum atomic E-state index is 13.5. The molecule has 142 valence electrons. The summed E-state index contributed by atoms with van der Waals surface area (Å²) in [6.45, 7) is 1.92. The molecule has 5 aromatic rings. The first-order valence-electron chi connectivity index (χ1n) is 8.94. The number of hydrogen-bond donors (Lipinski definition) is 2. The lowest BCUT2D eigenvalue weighted by atomic mass is 9.96. The third kappa shape index (κ3) is 2.89. The number of aromatic nitrogens is 4. The highest BCUT2D eigenvalue weighted by molar-refractivity contribution is 6.35. The van der Waals surface area contributed by atoms with Crippen LogP contribution in [0.15, 0.2) is 59.5 Å². The van der Waals surface area contributed by atoms with Crippen LogP contribution in [0.25, 0.3) is 44.3 Å². The van der Waals surface area contributed by atoms with E-state index in [0.29, 0.717) is 27.3 Å². The highest BCUT2D eigenvalue weighted by atomic mass is 35.5. The van der Waals surface area contributed by atoms with Gasteiger partial charge in [0.15, 0.2) is 5.43 Å². The van der Waals surface area contributed by atoms with Gasteiger partial charge in [-0.15, -0.1) is 0 Å². The van der Waals surface area contributed by atoms with Gasteiger partial charge in [-0.1, -0.05) is 11.6 Å². The Balaban J connectivity index is 1.87. The van der Waals surface area contributed by atoms with Gasteiger partial charge in [-0.2, -0.15) is 5.10 Å². The molecule has 5 rings (SSSR count). The van der Waals surface area contributed by atoms with Crippen LogP contribution in [0.5, 0.6) is 0 Å². The van der Waals surface area contributed by atoms with Crippen LogP contribution in [0.3, 0.4) is 0 Å². The van der Waals surface area contributed by atoms with Gasteiger partial charge in [0.25, 0.3) is 0 Å². The molecule has 7 heteroatoms. The number of aryl methyl sites for hydroxylation is 1. The molecule has 0 radical (unpaired) electrons. The summed E-state index contributed by atoms with van der Waals surface area (Å²) in [7, 11) is 0. The number of nitrogens with one attached hydrogen (secondary N) is 2. The van der Waals surface area contributed by atoms with Crippen LogP contribution >= 0.6 is 11.6 Å². The van der Waals surface area contributed by atoms with Gasteiger partial charge >= 0.3 is 0 Å². The van der Waals surface area contributed by atoms with E-state index in [9.17, 15) is 9.18 Å². The molecule has 0 aliphatic heterocycles. The van der Waals surface area contributed by atoms with Gasteiger partial charge in [-0.25, -0.2) is 9.37 Å². The van der Waals surface area contributed by atoms with Crippen molar-refractivity contribution in [1.29, 1.82) is 0 Å². The predicted molar refractivity (Wildman–Crippen MR) is 113 cm³/mol. The Morgan fingerprint density at radius 1 is 1.00 bits per heavy atom. The van der Waals surface area contributed by atoms with Gasteiger partial charge in [0, 0.05) is 34.5 Å². The Labute approximate surface area is 169 Å². The molecule has 0 fully saturated rings. The number of halogens is 2. The van der Waals surface area contributed by atoms with Gasteiger partial charge < -0.3 is 4.98 Å². The maximum absolute atomic E-state index is 13.5. The molecule has 3 aromatic heterocycles. The van der Waals surface area contributed by atoms with Crippen molar-refractivity contribution in [3.8, 4) is 22.4 Å². The molecule has 0 saturated carbocycles. The summed E-state index contributed by atoms with van der Waals surface area (Å²) >= 11 is 6.47. The zero-order chi connectivity index (χ0) is 20.1. The van der Waals surface area contributed by atoms with Crippen molar-refractivity contribution in [2.24, 2.45) is 0 Å². The van der Waals surface area contributed by atoms with Crippen molar-refractivity contribution in [2.75, 3.05) is 0 Å². The number of rotatable bonds is 2. The van der Waals surface area contributed by atoms with Gasteiger partial charge in [0.05, 0.1) is 16.1 Å².